The predicted octanol–water partition coefficient (Wildman–Crippen LogP) is 3.11. The van der Waals surface area contributed by atoms with Crippen LogP contribution in [0.4, 0.5) is 0 Å². The first-order valence-electron chi connectivity index (χ1n) is 9.99. The second-order valence-corrected chi connectivity index (χ2v) is 7.13. The molecule has 4 aromatic rings. The van der Waals surface area contributed by atoms with E-state index < -0.39 is 0 Å². The summed E-state index contributed by atoms with van der Waals surface area (Å²) in [4.78, 5) is 12.2. The fraction of sp³-hybridized carbons (Fsp3) is 0.217. The SMILES string of the molecule is CCCOc1cccc(-c2c(-c3ccc4c(=O)[nH]nc(CN)c4c3)cnn2C)c1C#N. The van der Waals surface area contributed by atoms with Crippen LogP contribution >= 0.6 is 0 Å². The van der Waals surface area contributed by atoms with Gasteiger partial charge in [0.1, 0.15) is 17.4 Å². The van der Waals surface area contributed by atoms with Gasteiger partial charge >= 0.3 is 0 Å². The molecule has 2 aromatic carbocycles. The number of nitrogens with zero attached hydrogens (tertiary/aromatic N) is 4. The fourth-order valence-electron chi connectivity index (χ4n) is 3.69. The minimum Gasteiger partial charge on any atom is -0.492 e. The van der Waals surface area contributed by atoms with E-state index in [1.165, 1.54) is 0 Å². The molecule has 0 aliphatic carbocycles. The topological polar surface area (TPSA) is 123 Å². The minimum atomic E-state index is -0.266. The van der Waals surface area contributed by atoms with Crippen molar-refractivity contribution in [2.45, 2.75) is 19.9 Å². The van der Waals surface area contributed by atoms with E-state index in [1.807, 2.05) is 38.2 Å². The standard InChI is InChI=1S/C23H22N6O2/c1-3-9-31-21-6-4-5-15(18(21)11-24)22-19(13-26-29(22)2)14-7-8-16-17(10-14)20(12-25)27-28-23(16)30/h4-8,10,13H,3,9,12,25H2,1-2H3,(H,28,30). The molecule has 156 valence electrons. The molecule has 2 heterocycles. The van der Waals surface area contributed by atoms with Crippen molar-refractivity contribution in [1.82, 2.24) is 20.0 Å². The van der Waals surface area contributed by atoms with Crippen LogP contribution in [-0.4, -0.2) is 26.6 Å². The van der Waals surface area contributed by atoms with Crippen molar-refractivity contribution >= 4 is 10.8 Å². The van der Waals surface area contributed by atoms with Crippen molar-refractivity contribution < 1.29 is 4.74 Å². The molecule has 31 heavy (non-hydrogen) atoms. The van der Waals surface area contributed by atoms with Crippen molar-refractivity contribution in [2.75, 3.05) is 6.61 Å². The largest absolute Gasteiger partial charge is 0.492 e. The Morgan fingerprint density at radius 2 is 2.06 bits per heavy atom. The molecule has 0 saturated heterocycles. The van der Waals surface area contributed by atoms with Crippen molar-refractivity contribution in [2.24, 2.45) is 12.8 Å². The van der Waals surface area contributed by atoms with Crippen LogP contribution < -0.4 is 16.0 Å². The van der Waals surface area contributed by atoms with Crippen molar-refractivity contribution in [3.05, 3.63) is 64.2 Å². The molecule has 0 spiro atoms. The molecule has 0 unspecified atom stereocenters. The number of aryl methyl sites for hydroxylation is 1. The normalized spacial score (nSPS) is 10.9. The van der Waals surface area contributed by atoms with E-state index in [1.54, 1.807) is 23.0 Å². The maximum absolute atomic E-state index is 12.2. The first-order chi connectivity index (χ1) is 15.1. The zero-order valence-corrected chi connectivity index (χ0v) is 17.3. The third kappa shape index (κ3) is 3.56. The van der Waals surface area contributed by atoms with Gasteiger partial charge in [0.25, 0.3) is 5.56 Å². The lowest BCUT2D eigenvalue weighted by atomic mass is 9.96. The number of fused-ring (bicyclic) bond motifs is 1. The summed E-state index contributed by atoms with van der Waals surface area (Å²) in [6.07, 6.45) is 2.60. The third-order valence-corrected chi connectivity index (χ3v) is 5.17. The molecular formula is C23H22N6O2. The Hall–Kier alpha value is -3.96. The molecule has 0 aliphatic heterocycles. The van der Waals surface area contributed by atoms with E-state index in [2.05, 4.69) is 21.4 Å². The number of rotatable bonds is 6. The first kappa shape index (κ1) is 20.3. The Kier molecular flexibility index (Phi) is 5.52. The molecule has 8 heteroatoms. The molecule has 0 radical (unpaired) electrons. The summed E-state index contributed by atoms with van der Waals surface area (Å²) in [6.45, 7) is 2.75. The van der Waals surface area contributed by atoms with E-state index in [4.69, 9.17) is 10.5 Å². The lowest BCUT2D eigenvalue weighted by molar-refractivity contribution is 0.316. The number of nitriles is 1. The van der Waals surface area contributed by atoms with Crippen LogP contribution in [0, 0.1) is 11.3 Å². The van der Waals surface area contributed by atoms with Gasteiger partial charge in [-0.05, 0) is 30.2 Å². The molecule has 0 amide bonds. The summed E-state index contributed by atoms with van der Waals surface area (Å²) in [7, 11) is 1.83. The molecule has 3 N–H and O–H groups in total. The lowest BCUT2D eigenvalue weighted by Crippen LogP contribution is -2.13. The molecule has 0 atom stereocenters. The number of H-pyrrole nitrogens is 1. The monoisotopic (exact) mass is 414 g/mol. The van der Waals surface area contributed by atoms with Gasteiger partial charge in [0.05, 0.1) is 29.6 Å². The van der Waals surface area contributed by atoms with Crippen LogP contribution in [0.15, 0.2) is 47.4 Å². The number of hydrogen-bond acceptors (Lipinski definition) is 6. The van der Waals surface area contributed by atoms with E-state index >= 15 is 0 Å². The zero-order chi connectivity index (χ0) is 22.0. The molecule has 8 nitrogen and oxygen atoms in total. The number of ether oxygens (including phenoxy) is 1. The number of benzene rings is 2. The Bertz CT molecular complexity index is 1360. The van der Waals surface area contributed by atoms with Gasteiger partial charge in [-0.2, -0.15) is 15.5 Å². The summed E-state index contributed by atoms with van der Waals surface area (Å²) in [5.74, 6) is 0.550. The average molecular weight is 414 g/mol. The molecule has 0 saturated carbocycles. The Balaban J connectivity index is 1.93. The summed E-state index contributed by atoms with van der Waals surface area (Å²) in [5.41, 5.74) is 9.82. The van der Waals surface area contributed by atoms with Gasteiger partial charge in [-0.25, -0.2) is 5.10 Å². The van der Waals surface area contributed by atoms with Gasteiger partial charge in [-0.15, -0.1) is 0 Å². The predicted molar refractivity (Wildman–Crippen MR) is 118 cm³/mol. The minimum absolute atomic E-state index is 0.200. The van der Waals surface area contributed by atoms with Crippen molar-refractivity contribution in [1.29, 1.82) is 5.26 Å². The molecule has 0 fully saturated rings. The molecule has 0 aliphatic rings. The number of aromatic amines is 1. The van der Waals surface area contributed by atoms with E-state index in [9.17, 15) is 10.1 Å². The molecular weight excluding hydrogens is 392 g/mol. The van der Waals surface area contributed by atoms with Crippen LogP contribution in [0.25, 0.3) is 33.2 Å². The third-order valence-electron chi connectivity index (χ3n) is 5.17. The Labute approximate surface area is 178 Å². The average Bonchev–Trinajstić information content (AvgIpc) is 3.18. The van der Waals surface area contributed by atoms with Gasteiger partial charge < -0.3 is 10.5 Å². The van der Waals surface area contributed by atoms with Crippen LogP contribution in [0.3, 0.4) is 0 Å². The maximum atomic E-state index is 12.2. The van der Waals surface area contributed by atoms with E-state index in [0.717, 1.165) is 28.8 Å². The number of hydrogen-bond donors (Lipinski definition) is 2. The summed E-state index contributed by atoms with van der Waals surface area (Å²) in [5, 5.41) is 22.1. The highest BCUT2D eigenvalue weighted by molar-refractivity contribution is 5.92. The fourth-order valence-corrected chi connectivity index (χ4v) is 3.69. The second kappa shape index (κ2) is 8.42. The van der Waals surface area contributed by atoms with Crippen LogP contribution in [0.2, 0.25) is 0 Å². The summed E-state index contributed by atoms with van der Waals surface area (Å²) >= 11 is 0. The summed E-state index contributed by atoms with van der Waals surface area (Å²) < 4.78 is 7.53. The maximum Gasteiger partial charge on any atom is 0.272 e. The van der Waals surface area contributed by atoms with E-state index in [0.29, 0.717) is 34.4 Å². The molecule has 0 bridgehead atoms. The number of nitrogens with one attached hydrogen (secondary N) is 1. The number of nitrogens with two attached hydrogens (primary N) is 1. The van der Waals surface area contributed by atoms with Crippen molar-refractivity contribution in [3.8, 4) is 34.2 Å². The molecule has 2 aromatic heterocycles. The quantitative estimate of drug-likeness (QED) is 0.500. The van der Waals surface area contributed by atoms with Crippen LogP contribution in [0.1, 0.15) is 24.6 Å². The first-order valence-corrected chi connectivity index (χ1v) is 9.99. The van der Waals surface area contributed by atoms with E-state index in [-0.39, 0.29) is 12.1 Å². The van der Waals surface area contributed by atoms with Crippen molar-refractivity contribution in [3.63, 3.8) is 0 Å². The Morgan fingerprint density at radius 3 is 2.81 bits per heavy atom. The molecule has 4 rings (SSSR count). The van der Waals surface area contributed by atoms with Crippen LogP contribution in [0.5, 0.6) is 5.75 Å². The second-order valence-electron chi connectivity index (χ2n) is 7.13. The summed E-state index contributed by atoms with van der Waals surface area (Å²) in [6, 6.07) is 13.4. The van der Waals surface area contributed by atoms with Gasteiger partial charge in [-0.1, -0.05) is 25.1 Å². The number of aromatic nitrogens is 4. The zero-order valence-electron chi connectivity index (χ0n) is 17.3. The van der Waals surface area contributed by atoms with Gasteiger partial charge in [0, 0.05) is 30.1 Å². The van der Waals surface area contributed by atoms with Gasteiger partial charge in [-0.3, -0.25) is 9.48 Å². The highest BCUT2D eigenvalue weighted by atomic mass is 16.5. The lowest BCUT2D eigenvalue weighted by Gasteiger charge is -2.13. The van der Waals surface area contributed by atoms with Crippen LogP contribution in [-0.2, 0) is 13.6 Å². The van der Waals surface area contributed by atoms with Gasteiger partial charge in [0.2, 0.25) is 0 Å². The smallest absolute Gasteiger partial charge is 0.272 e. The highest BCUT2D eigenvalue weighted by Crippen LogP contribution is 2.37. The van der Waals surface area contributed by atoms with Gasteiger partial charge in [0.15, 0.2) is 0 Å². The highest BCUT2D eigenvalue weighted by Gasteiger charge is 2.19. The Morgan fingerprint density at radius 1 is 1.23 bits per heavy atom.